The van der Waals surface area contributed by atoms with E-state index in [0.29, 0.717) is 22.2 Å². The summed E-state index contributed by atoms with van der Waals surface area (Å²) in [5, 5.41) is 12.1. The molecule has 1 heterocycles. The molecule has 0 saturated heterocycles. The number of hydrogen-bond acceptors (Lipinski definition) is 5. The zero-order valence-electron chi connectivity index (χ0n) is 15.2. The highest BCUT2D eigenvalue weighted by atomic mass is 35.5. The smallest absolute Gasteiger partial charge is 0.387 e. The number of benzene rings is 2. The van der Waals surface area contributed by atoms with Gasteiger partial charge in [-0.15, -0.1) is 10.2 Å². The Morgan fingerprint density at radius 1 is 1.13 bits per heavy atom. The average molecular weight is 494 g/mol. The van der Waals surface area contributed by atoms with Crippen molar-refractivity contribution in [3.63, 3.8) is 0 Å². The molecule has 0 fully saturated rings. The molecule has 2 aromatic carbocycles. The van der Waals surface area contributed by atoms with Gasteiger partial charge >= 0.3 is 6.61 Å². The van der Waals surface area contributed by atoms with Crippen molar-refractivity contribution in [1.82, 2.24) is 14.8 Å². The number of carbonyl (C=O) groups is 1. The third-order valence-electron chi connectivity index (χ3n) is 3.79. The number of halogens is 5. The van der Waals surface area contributed by atoms with Crippen LogP contribution in [0.3, 0.4) is 0 Å². The number of rotatable bonds is 7. The first-order valence-electron chi connectivity index (χ1n) is 8.26. The number of hydrogen-bond donors (Lipinski definition) is 1. The van der Waals surface area contributed by atoms with Crippen molar-refractivity contribution >= 4 is 58.2 Å². The molecule has 0 aliphatic carbocycles. The van der Waals surface area contributed by atoms with Crippen LogP contribution in [0.2, 0.25) is 15.1 Å². The van der Waals surface area contributed by atoms with Gasteiger partial charge in [0.1, 0.15) is 5.75 Å². The van der Waals surface area contributed by atoms with E-state index in [1.165, 1.54) is 36.0 Å². The second kappa shape index (κ2) is 9.82. The van der Waals surface area contributed by atoms with Crippen LogP contribution in [0.5, 0.6) is 5.75 Å². The molecular formula is C18H13Cl3F2N4O2S. The Labute approximate surface area is 189 Å². The maximum absolute atomic E-state index is 12.3. The summed E-state index contributed by atoms with van der Waals surface area (Å²) in [7, 11) is 1.73. The van der Waals surface area contributed by atoms with Gasteiger partial charge in [0.2, 0.25) is 5.91 Å². The SMILES string of the molecule is Cn1c(SCC(=O)Nc2cc(Cl)c(Cl)cc2Cl)nnc1-c1ccc(OC(F)F)cc1. The molecule has 0 saturated carbocycles. The summed E-state index contributed by atoms with van der Waals surface area (Å²) in [6.45, 7) is -2.89. The second-order valence-corrected chi connectivity index (χ2v) is 8.02. The Morgan fingerprint density at radius 2 is 1.80 bits per heavy atom. The van der Waals surface area contributed by atoms with Gasteiger partial charge in [0.25, 0.3) is 0 Å². The van der Waals surface area contributed by atoms with E-state index in [0.717, 1.165) is 0 Å². The van der Waals surface area contributed by atoms with Crippen LogP contribution in [-0.2, 0) is 11.8 Å². The lowest BCUT2D eigenvalue weighted by atomic mass is 10.2. The topological polar surface area (TPSA) is 69.0 Å². The predicted molar refractivity (Wildman–Crippen MR) is 114 cm³/mol. The molecule has 1 N–H and O–H groups in total. The number of anilines is 1. The van der Waals surface area contributed by atoms with E-state index >= 15 is 0 Å². The number of thioether (sulfide) groups is 1. The molecule has 12 heteroatoms. The van der Waals surface area contributed by atoms with Crippen LogP contribution in [0.1, 0.15) is 0 Å². The predicted octanol–water partition coefficient (Wildman–Crippen LogP) is 5.77. The Hall–Kier alpha value is -2.07. The molecule has 0 aliphatic heterocycles. The summed E-state index contributed by atoms with van der Waals surface area (Å²) in [4.78, 5) is 12.2. The zero-order valence-corrected chi connectivity index (χ0v) is 18.3. The summed E-state index contributed by atoms with van der Waals surface area (Å²) in [6, 6.07) is 8.93. The minimum atomic E-state index is -2.89. The summed E-state index contributed by atoms with van der Waals surface area (Å²) in [6.07, 6.45) is 0. The highest BCUT2D eigenvalue weighted by molar-refractivity contribution is 7.99. The molecule has 158 valence electrons. The van der Waals surface area contributed by atoms with E-state index in [1.807, 2.05) is 0 Å². The van der Waals surface area contributed by atoms with Crippen molar-refractivity contribution < 1.29 is 18.3 Å². The van der Waals surface area contributed by atoms with Crippen LogP contribution >= 0.6 is 46.6 Å². The quantitative estimate of drug-likeness (QED) is 0.334. The van der Waals surface area contributed by atoms with E-state index < -0.39 is 6.61 Å². The first kappa shape index (κ1) is 22.6. The van der Waals surface area contributed by atoms with E-state index in [4.69, 9.17) is 34.8 Å². The molecule has 0 radical (unpaired) electrons. The van der Waals surface area contributed by atoms with Crippen LogP contribution in [-0.4, -0.2) is 33.0 Å². The fourth-order valence-corrected chi connectivity index (χ4v) is 3.72. The van der Waals surface area contributed by atoms with Gasteiger partial charge in [-0.05, 0) is 36.4 Å². The number of amides is 1. The molecule has 3 rings (SSSR count). The van der Waals surface area contributed by atoms with E-state index in [-0.39, 0.29) is 32.5 Å². The van der Waals surface area contributed by atoms with Crippen molar-refractivity contribution in [2.24, 2.45) is 7.05 Å². The summed E-state index contributed by atoms with van der Waals surface area (Å²) in [5.74, 6) is 0.277. The zero-order chi connectivity index (χ0) is 21.8. The lowest BCUT2D eigenvalue weighted by Gasteiger charge is -2.09. The number of ether oxygens (including phenoxy) is 1. The Morgan fingerprint density at radius 3 is 2.47 bits per heavy atom. The fourth-order valence-electron chi connectivity index (χ4n) is 2.41. The first-order valence-corrected chi connectivity index (χ1v) is 10.4. The maximum atomic E-state index is 12.3. The first-order chi connectivity index (χ1) is 14.2. The lowest BCUT2D eigenvalue weighted by Crippen LogP contribution is -2.14. The fraction of sp³-hybridized carbons (Fsp3) is 0.167. The third-order valence-corrected chi connectivity index (χ3v) is 5.84. The van der Waals surface area contributed by atoms with Crippen molar-refractivity contribution in [1.29, 1.82) is 0 Å². The van der Waals surface area contributed by atoms with E-state index in [2.05, 4.69) is 20.3 Å². The van der Waals surface area contributed by atoms with Gasteiger partial charge in [-0.25, -0.2) is 0 Å². The van der Waals surface area contributed by atoms with Crippen LogP contribution in [0, 0.1) is 0 Å². The molecule has 0 aliphatic rings. The molecule has 0 bridgehead atoms. The number of alkyl halides is 2. The van der Waals surface area contributed by atoms with Gasteiger partial charge in [-0.3, -0.25) is 4.79 Å². The average Bonchev–Trinajstić information content (AvgIpc) is 3.05. The lowest BCUT2D eigenvalue weighted by molar-refractivity contribution is -0.113. The summed E-state index contributed by atoms with van der Waals surface area (Å²) >= 11 is 19.0. The van der Waals surface area contributed by atoms with E-state index in [1.54, 1.807) is 23.7 Å². The monoisotopic (exact) mass is 492 g/mol. The van der Waals surface area contributed by atoms with Crippen molar-refractivity contribution in [2.75, 3.05) is 11.1 Å². The van der Waals surface area contributed by atoms with Gasteiger partial charge < -0.3 is 14.6 Å². The number of nitrogens with zero attached hydrogens (tertiary/aromatic N) is 3. The highest BCUT2D eigenvalue weighted by Crippen LogP contribution is 2.32. The van der Waals surface area contributed by atoms with Gasteiger partial charge in [0.15, 0.2) is 11.0 Å². The van der Waals surface area contributed by atoms with Gasteiger partial charge in [0, 0.05) is 12.6 Å². The molecule has 0 atom stereocenters. The van der Waals surface area contributed by atoms with Crippen LogP contribution in [0.15, 0.2) is 41.6 Å². The van der Waals surface area contributed by atoms with Crippen molar-refractivity contribution in [3.05, 3.63) is 51.5 Å². The standard InChI is InChI=1S/C18H13Cl3F2N4O2S/c1-27-16(9-2-4-10(5-3-9)29-17(22)23)25-26-18(27)30-8-15(28)24-14-7-12(20)11(19)6-13(14)21/h2-7,17H,8H2,1H3,(H,24,28). The molecule has 1 aromatic heterocycles. The minimum Gasteiger partial charge on any atom is -0.435 e. The van der Waals surface area contributed by atoms with Crippen LogP contribution < -0.4 is 10.1 Å². The van der Waals surface area contributed by atoms with Gasteiger partial charge in [-0.2, -0.15) is 8.78 Å². The van der Waals surface area contributed by atoms with Crippen molar-refractivity contribution in [3.8, 4) is 17.1 Å². The number of aromatic nitrogens is 3. The molecule has 30 heavy (non-hydrogen) atoms. The normalized spacial score (nSPS) is 11.0. The molecule has 0 spiro atoms. The molecule has 1 amide bonds. The number of carbonyl (C=O) groups excluding carboxylic acids is 1. The number of nitrogens with one attached hydrogen (secondary N) is 1. The Balaban J connectivity index is 1.64. The Bertz CT molecular complexity index is 1060. The van der Waals surface area contributed by atoms with Crippen LogP contribution in [0.4, 0.5) is 14.5 Å². The maximum Gasteiger partial charge on any atom is 0.387 e. The Kier molecular flexibility index (Phi) is 7.41. The van der Waals surface area contributed by atoms with E-state index in [9.17, 15) is 13.6 Å². The second-order valence-electron chi connectivity index (χ2n) is 5.85. The minimum absolute atomic E-state index is 0.0446. The van der Waals surface area contributed by atoms with Crippen molar-refractivity contribution in [2.45, 2.75) is 11.8 Å². The molecule has 3 aromatic rings. The van der Waals surface area contributed by atoms with Gasteiger partial charge in [0.05, 0.1) is 26.5 Å². The highest BCUT2D eigenvalue weighted by Gasteiger charge is 2.15. The summed E-state index contributed by atoms with van der Waals surface area (Å²) < 4.78 is 30.5. The summed E-state index contributed by atoms with van der Waals surface area (Å²) in [5.41, 5.74) is 1.01. The molecular weight excluding hydrogens is 481 g/mol. The molecule has 0 unspecified atom stereocenters. The largest absolute Gasteiger partial charge is 0.435 e. The van der Waals surface area contributed by atoms with Gasteiger partial charge in [-0.1, -0.05) is 46.6 Å². The molecule has 6 nitrogen and oxygen atoms in total. The third kappa shape index (κ3) is 5.54. The van der Waals surface area contributed by atoms with Crippen LogP contribution in [0.25, 0.3) is 11.4 Å².